The Labute approximate surface area is 134 Å². The highest BCUT2D eigenvalue weighted by Gasteiger charge is 2.68. The largest absolute Gasteiger partial charge is 0.396 e. The van der Waals surface area contributed by atoms with Crippen molar-refractivity contribution in [3.05, 3.63) is 0 Å². The topological polar surface area (TPSA) is 43.8 Å². The number of hydrogen-bond donors (Lipinski definition) is 1. The quantitative estimate of drug-likeness (QED) is 0.860. The Bertz CT molecular complexity index is 437. The highest BCUT2D eigenvalue weighted by molar-refractivity contribution is 5.94. The van der Waals surface area contributed by atoms with E-state index < -0.39 is 0 Å². The number of aliphatic hydroxyl groups excluding tert-OH is 1. The van der Waals surface area contributed by atoms with Crippen LogP contribution in [0.2, 0.25) is 0 Å². The van der Waals surface area contributed by atoms with Crippen molar-refractivity contribution in [1.82, 2.24) is 9.80 Å². The van der Waals surface area contributed by atoms with Gasteiger partial charge in [-0.2, -0.15) is 0 Å². The number of hydrogen-bond acceptors (Lipinski definition) is 4. The summed E-state index contributed by atoms with van der Waals surface area (Å²) in [5, 5.41) is 9.86. The highest BCUT2D eigenvalue weighted by Crippen LogP contribution is 2.56. The van der Waals surface area contributed by atoms with E-state index in [1.165, 1.54) is 0 Å². The zero-order valence-corrected chi connectivity index (χ0v) is 15.0. The van der Waals surface area contributed by atoms with Crippen LogP contribution in [-0.4, -0.2) is 59.6 Å². The standard InChI is InChI=1S/C18H32N2O2/c1-12(2)17-7-19-9-18(13(3)4,14(17)22)10-20(8-17)15(19)16(5,6)11-21/h12-13,15,21H,7-11H2,1-6H3. The summed E-state index contributed by atoms with van der Waals surface area (Å²) >= 11 is 0. The molecule has 126 valence electrons. The molecule has 4 aliphatic rings. The van der Waals surface area contributed by atoms with Crippen molar-refractivity contribution in [3.8, 4) is 0 Å². The minimum absolute atomic E-state index is 0.160. The Morgan fingerprint density at radius 3 is 1.68 bits per heavy atom. The van der Waals surface area contributed by atoms with E-state index in [4.69, 9.17) is 0 Å². The normalized spacial score (nSPS) is 44.4. The molecule has 0 amide bonds. The molecule has 0 spiro atoms. The van der Waals surface area contributed by atoms with Gasteiger partial charge in [0.05, 0.1) is 23.6 Å². The maximum atomic E-state index is 13.4. The van der Waals surface area contributed by atoms with E-state index >= 15 is 0 Å². The van der Waals surface area contributed by atoms with E-state index in [2.05, 4.69) is 51.3 Å². The van der Waals surface area contributed by atoms with Gasteiger partial charge in [0.25, 0.3) is 0 Å². The molecule has 0 unspecified atom stereocenters. The third-order valence-corrected chi connectivity index (χ3v) is 6.85. The second kappa shape index (κ2) is 4.78. The molecule has 4 heteroatoms. The van der Waals surface area contributed by atoms with Crippen molar-refractivity contribution in [1.29, 1.82) is 0 Å². The van der Waals surface area contributed by atoms with E-state index in [1.54, 1.807) is 0 Å². The Balaban J connectivity index is 2.06. The Hall–Kier alpha value is -0.450. The molecule has 4 fully saturated rings. The molecule has 0 saturated carbocycles. The van der Waals surface area contributed by atoms with Gasteiger partial charge in [-0.1, -0.05) is 41.5 Å². The minimum atomic E-state index is -0.219. The van der Waals surface area contributed by atoms with Gasteiger partial charge in [0.2, 0.25) is 0 Å². The van der Waals surface area contributed by atoms with E-state index in [0.717, 1.165) is 26.2 Å². The lowest BCUT2D eigenvalue weighted by atomic mass is 9.53. The molecule has 0 aromatic heterocycles. The van der Waals surface area contributed by atoms with Crippen molar-refractivity contribution in [2.45, 2.75) is 47.7 Å². The van der Waals surface area contributed by atoms with Gasteiger partial charge in [0.15, 0.2) is 5.78 Å². The number of rotatable bonds is 4. The fourth-order valence-corrected chi connectivity index (χ4v) is 5.35. The van der Waals surface area contributed by atoms with E-state index in [9.17, 15) is 9.90 Å². The molecule has 4 nitrogen and oxygen atoms in total. The summed E-state index contributed by atoms with van der Waals surface area (Å²) in [6, 6.07) is 0. The van der Waals surface area contributed by atoms with Crippen LogP contribution in [0.5, 0.6) is 0 Å². The van der Waals surface area contributed by atoms with Crippen LogP contribution in [0.25, 0.3) is 0 Å². The minimum Gasteiger partial charge on any atom is -0.396 e. The number of carbonyl (C=O) groups is 1. The van der Waals surface area contributed by atoms with Gasteiger partial charge in [0.1, 0.15) is 0 Å². The van der Waals surface area contributed by atoms with Crippen molar-refractivity contribution < 1.29 is 9.90 Å². The van der Waals surface area contributed by atoms with Crippen LogP contribution in [0, 0.1) is 28.1 Å². The SMILES string of the molecule is CC(C)C12CN3CC(C(C)C)(CN(C1)C3C(C)(C)CO)C2=O. The van der Waals surface area contributed by atoms with Gasteiger partial charge >= 0.3 is 0 Å². The van der Waals surface area contributed by atoms with Crippen LogP contribution < -0.4 is 0 Å². The van der Waals surface area contributed by atoms with Crippen molar-refractivity contribution >= 4 is 5.78 Å². The van der Waals surface area contributed by atoms with Gasteiger partial charge in [-0.05, 0) is 11.8 Å². The summed E-state index contributed by atoms with van der Waals surface area (Å²) in [6.45, 7) is 16.7. The summed E-state index contributed by atoms with van der Waals surface area (Å²) < 4.78 is 0. The van der Waals surface area contributed by atoms with E-state index in [-0.39, 0.29) is 29.0 Å². The van der Waals surface area contributed by atoms with Crippen LogP contribution >= 0.6 is 0 Å². The molecule has 4 bridgehead atoms. The van der Waals surface area contributed by atoms with Gasteiger partial charge in [-0.3, -0.25) is 14.6 Å². The Morgan fingerprint density at radius 2 is 1.41 bits per heavy atom. The van der Waals surface area contributed by atoms with Gasteiger partial charge in [-0.15, -0.1) is 0 Å². The third-order valence-electron chi connectivity index (χ3n) is 6.85. The first-order valence-electron chi connectivity index (χ1n) is 8.74. The second-order valence-corrected chi connectivity index (χ2v) is 9.28. The van der Waals surface area contributed by atoms with Crippen LogP contribution in [0.4, 0.5) is 0 Å². The first-order valence-corrected chi connectivity index (χ1v) is 8.74. The summed E-state index contributed by atoms with van der Waals surface area (Å²) in [5.41, 5.74) is -0.599. The average Bonchev–Trinajstić information content (AvgIpc) is 2.42. The fourth-order valence-electron chi connectivity index (χ4n) is 5.35. The van der Waals surface area contributed by atoms with Crippen LogP contribution in [0.1, 0.15) is 41.5 Å². The predicted molar refractivity (Wildman–Crippen MR) is 87.3 cm³/mol. The molecular weight excluding hydrogens is 276 g/mol. The molecule has 0 aromatic carbocycles. The number of nitrogens with zero attached hydrogens (tertiary/aromatic N) is 2. The Morgan fingerprint density at radius 1 is 1.05 bits per heavy atom. The number of Topliss-reactive ketones (excluding diaryl/α,β-unsaturated/α-hetero) is 1. The zero-order valence-electron chi connectivity index (χ0n) is 15.0. The number of ketones is 1. The van der Waals surface area contributed by atoms with Crippen molar-refractivity contribution in [2.75, 3.05) is 32.8 Å². The summed E-state index contributed by atoms with van der Waals surface area (Å²) in [6.07, 6.45) is 0.254. The second-order valence-electron chi connectivity index (χ2n) is 9.28. The molecule has 0 atom stereocenters. The Kier molecular flexibility index (Phi) is 3.56. The number of carbonyl (C=O) groups excluding carboxylic acids is 1. The molecular formula is C18H32N2O2. The zero-order chi connectivity index (χ0) is 16.5. The lowest BCUT2D eigenvalue weighted by Crippen LogP contribution is -2.83. The van der Waals surface area contributed by atoms with Crippen LogP contribution in [0.15, 0.2) is 0 Å². The molecule has 0 aromatic rings. The lowest BCUT2D eigenvalue weighted by Gasteiger charge is -2.70. The molecule has 1 N–H and O–H groups in total. The molecule has 0 aliphatic carbocycles. The summed E-state index contributed by atoms with van der Waals surface area (Å²) in [5.74, 6) is 1.24. The predicted octanol–water partition coefficient (Wildman–Crippen LogP) is 1.83. The first kappa shape index (κ1) is 16.4. The summed E-state index contributed by atoms with van der Waals surface area (Å²) in [7, 11) is 0. The lowest BCUT2D eigenvalue weighted by molar-refractivity contribution is -0.235. The molecule has 4 aliphatic heterocycles. The first-order chi connectivity index (χ1) is 10.1. The fraction of sp³-hybridized carbons (Fsp3) is 0.944. The molecule has 4 saturated heterocycles. The number of piperidine rings is 2. The molecule has 0 radical (unpaired) electrons. The van der Waals surface area contributed by atoms with Gasteiger partial charge in [-0.25, -0.2) is 0 Å². The van der Waals surface area contributed by atoms with Crippen molar-refractivity contribution in [2.24, 2.45) is 28.1 Å². The monoisotopic (exact) mass is 308 g/mol. The molecule has 4 rings (SSSR count). The van der Waals surface area contributed by atoms with Gasteiger partial charge < -0.3 is 5.11 Å². The highest BCUT2D eigenvalue weighted by atomic mass is 16.3. The molecule has 4 heterocycles. The van der Waals surface area contributed by atoms with E-state index in [1.807, 2.05) is 0 Å². The molecule has 22 heavy (non-hydrogen) atoms. The van der Waals surface area contributed by atoms with E-state index in [0.29, 0.717) is 17.6 Å². The van der Waals surface area contributed by atoms with Gasteiger partial charge in [0, 0.05) is 31.6 Å². The van der Waals surface area contributed by atoms with Crippen LogP contribution in [-0.2, 0) is 4.79 Å². The smallest absolute Gasteiger partial charge is 0.150 e. The maximum Gasteiger partial charge on any atom is 0.150 e. The third kappa shape index (κ3) is 1.83. The average molecular weight is 308 g/mol. The maximum absolute atomic E-state index is 13.4. The number of aliphatic hydroxyl groups is 1. The van der Waals surface area contributed by atoms with Crippen molar-refractivity contribution in [3.63, 3.8) is 0 Å². The summed E-state index contributed by atoms with van der Waals surface area (Å²) in [4.78, 5) is 18.4. The van der Waals surface area contributed by atoms with Crippen LogP contribution in [0.3, 0.4) is 0 Å².